The highest BCUT2D eigenvalue weighted by atomic mass is 19.1. The summed E-state index contributed by atoms with van der Waals surface area (Å²) in [6, 6.07) is 16.4. The number of amides is 2. The first kappa shape index (κ1) is 40.3. The Morgan fingerprint density at radius 1 is 0.881 bits per heavy atom. The first-order valence-corrected chi connectivity index (χ1v) is 20.6. The zero-order chi connectivity index (χ0) is 41.1. The highest BCUT2D eigenvalue weighted by Gasteiger charge is 2.37. The second-order valence-electron chi connectivity index (χ2n) is 16.3. The van der Waals surface area contributed by atoms with E-state index >= 15 is 4.39 Å². The zero-order valence-electron chi connectivity index (χ0n) is 32.9. The van der Waals surface area contributed by atoms with Gasteiger partial charge in [-0.25, -0.2) is 18.7 Å². The molecule has 4 aliphatic rings. The Bertz CT molecular complexity index is 2200. The second kappa shape index (κ2) is 17.4. The summed E-state index contributed by atoms with van der Waals surface area (Å²) >= 11 is 0. The Morgan fingerprint density at radius 3 is 2.39 bits per heavy atom. The van der Waals surface area contributed by atoms with Gasteiger partial charge in [-0.05, 0) is 81.3 Å². The van der Waals surface area contributed by atoms with Gasteiger partial charge in [-0.3, -0.25) is 23.9 Å². The van der Waals surface area contributed by atoms with Gasteiger partial charge >= 0.3 is 0 Å². The van der Waals surface area contributed by atoms with Gasteiger partial charge in [0.1, 0.15) is 17.7 Å². The second-order valence-corrected chi connectivity index (χ2v) is 16.3. The molecular weight excluding hydrogens is 761 g/mol. The highest BCUT2D eigenvalue weighted by molar-refractivity contribution is 5.79. The minimum atomic E-state index is -1.03. The molecule has 16 heteroatoms. The molecule has 2 amide bonds. The lowest BCUT2D eigenvalue weighted by Gasteiger charge is -2.44. The summed E-state index contributed by atoms with van der Waals surface area (Å²) in [4.78, 5) is 52.3. The number of aromatic nitrogens is 3. The number of anilines is 3. The van der Waals surface area contributed by atoms with Gasteiger partial charge in [0.2, 0.25) is 17.8 Å². The van der Waals surface area contributed by atoms with Crippen LogP contribution in [0.3, 0.4) is 0 Å². The normalized spacial score (nSPS) is 23.7. The predicted molar refractivity (Wildman–Crippen MR) is 219 cm³/mol. The third kappa shape index (κ3) is 9.40. The molecule has 1 aliphatic carbocycles. The number of aliphatic hydroxyl groups excluding tert-OH is 1. The van der Waals surface area contributed by atoms with Crippen LogP contribution in [-0.2, 0) is 9.59 Å². The van der Waals surface area contributed by atoms with E-state index in [1.165, 1.54) is 16.7 Å². The molecule has 14 nitrogen and oxygen atoms in total. The number of benzene rings is 2. The van der Waals surface area contributed by atoms with Crippen LogP contribution in [0.4, 0.5) is 26.1 Å². The first-order valence-electron chi connectivity index (χ1n) is 20.6. The van der Waals surface area contributed by atoms with Crippen LogP contribution < -0.4 is 26.4 Å². The molecule has 2 aromatic carbocycles. The van der Waals surface area contributed by atoms with Crippen LogP contribution in [0.15, 0.2) is 77.9 Å². The van der Waals surface area contributed by atoms with Crippen LogP contribution in [0.5, 0.6) is 0 Å². The van der Waals surface area contributed by atoms with E-state index in [1.807, 2.05) is 9.80 Å². The van der Waals surface area contributed by atoms with Crippen molar-refractivity contribution in [2.75, 3.05) is 61.3 Å². The van der Waals surface area contributed by atoms with Gasteiger partial charge < -0.3 is 36.0 Å². The number of rotatable bonds is 10. The third-order valence-corrected chi connectivity index (χ3v) is 12.3. The smallest absolute Gasteiger partial charge is 0.255 e. The van der Waals surface area contributed by atoms with E-state index in [4.69, 9.17) is 0 Å². The molecule has 1 saturated carbocycles. The molecule has 4 fully saturated rings. The molecule has 5 heterocycles. The van der Waals surface area contributed by atoms with Crippen LogP contribution in [0.25, 0.3) is 16.9 Å². The molecular formula is C43H51F2N9O5. The summed E-state index contributed by atoms with van der Waals surface area (Å²) in [5, 5.41) is 30.6. The zero-order valence-corrected chi connectivity index (χ0v) is 32.9. The van der Waals surface area contributed by atoms with Crippen molar-refractivity contribution in [2.45, 2.75) is 75.3 Å². The number of hydrogen-bond acceptors (Lipinski definition) is 11. The number of pyridine rings is 1. The van der Waals surface area contributed by atoms with Gasteiger partial charge in [0.15, 0.2) is 5.82 Å². The topological polar surface area (TPSA) is 168 Å². The minimum absolute atomic E-state index is 0.0384. The molecule has 8 rings (SSSR count). The van der Waals surface area contributed by atoms with Crippen LogP contribution in [0.1, 0.15) is 51.4 Å². The highest BCUT2D eigenvalue weighted by Crippen LogP contribution is 2.32. The average molecular weight is 812 g/mol. The molecule has 59 heavy (non-hydrogen) atoms. The van der Waals surface area contributed by atoms with Crippen LogP contribution >= 0.6 is 0 Å². The van der Waals surface area contributed by atoms with E-state index in [-0.39, 0.29) is 40.8 Å². The minimum Gasteiger partial charge on any atom is -0.388 e. The Balaban J connectivity index is 0.773. The molecule has 2 aromatic heterocycles. The van der Waals surface area contributed by atoms with E-state index < -0.39 is 23.7 Å². The van der Waals surface area contributed by atoms with Gasteiger partial charge in [-0.2, -0.15) is 0 Å². The molecule has 3 aliphatic heterocycles. The number of piperazine rings is 1. The molecule has 312 valence electrons. The van der Waals surface area contributed by atoms with Gasteiger partial charge in [0.25, 0.3) is 5.56 Å². The van der Waals surface area contributed by atoms with E-state index in [0.717, 1.165) is 31.9 Å². The van der Waals surface area contributed by atoms with E-state index in [1.54, 1.807) is 54.7 Å². The lowest BCUT2D eigenvalue weighted by Crippen LogP contribution is -2.56. The lowest BCUT2D eigenvalue weighted by molar-refractivity contribution is -0.139. The summed E-state index contributed by atoms with van der Waals surface area (Å²) in [6.07, 6.45) is 6.44. The van der Waals surface area contributed by atoms with Crippen molar-refractivity contribution < 1.29 is 28.6 Å². The maximum absolute atomic E-state index is 15.3. The SMILES string of the molecule is O=C1CCC(Nc2ccc(N3CCC(O)(CN4CCN(C(=O)C5CCC(Nc6ncc(F)c(-c7cccc(-n8ccccc8=O)c7)n6)CC5)CC4)CC3)c(F)c2)C(O)N1. The monoisotopic (exact) mass is 811 g/mol. The number of nitrogens with zero attached hydrogens (tertiary/aromatic N) is 6. The molecule has 0 radical (unpaired) electrons. The summed E-state index contributed by atoms with van der Waals surface area (Å²) < 4.78 is 31.7. The predicted octanol–water partition coefficient (Wildman–Crippen LogP) is 3.73. The van der Waals surface area contributed by atoms with E-state index in [0.29, 0.717) is 100 Å². The summed E-state index contributed by atoms with van der Waals surface area (Å²) in [6.45, 7) is 4.05. The van der Waals surface area contributed by atoms with Crippen molar-refractivity contribution in [2.24, 2.45) is 5.92 Å². The van der Waals surface area contributed by atoms with Crippen molar-refractivity contribution in [1.29, 1.82) is 0 Å². The number of hydrogen-bond donors (Lipinski definition) is 5. The molecule has 2 unspecified atom stereocenters. The first-order chi connectivity index (χ1) is 28.5. The summed E-state index contributed by atoms with van der Waals surface area (Å²) in [5.74, 6) is -0.762. The summed E-state index contributed by atoms with van der Waals surface area (Å²) in [7, 11) is 0. The maximum atomic E-state index is 15.3. The number of carbonyl (C=O) groups is 2. The standard InChI is InChI=1S/C43H51F2N9O5/c44-33-25-31(47-35-12-14-37(55)49-40(35)57)11-13-36(33)52-18-15-43(59,16-19-52)27-51-20-22-53(23-21-51)41(58)28-7-9-30(10-8-28)48-42-46-26-34(45)39(50-42)29-4-3-5-32(24-29)54-17-2-1-6-38(54)56/h1-6,11,13,17,24-26,28,30,35,40,47,57,59H,7-10,12,14-16,18-23,27H2,(H,49,55)(H,46,48,50). The molecule has 0 spiro atoms. The molecule has 3 saturated heterocycles. The Kier molecular flexibility index (Phi) is 11.9. The number of halogens is 2. The average Bonchev–Trinajstić information content (AvgIpc) is 3.23. The third-order valence-electron chi connectivity index (χ3n) is 12.3. The van der Waals surface area contributed by atoms with Crippen LogP contribution in [0, 0.1) is 17.6 Å². The quantitative estimate of drug-likeness (QED) is 0.158. The number of aliphatic hydroxyl groups is 2. The van der Waals surface area contributed by atoms with Crippen molar-refractivity contribution in [3.8, 4) is 16.9 Å². The lowest BCUT2D eigenvalue weighted by atomic mass is 9.85. The van der Waals surface area contributed by atoms with Crippen LogP contribution in [-0.4, -0.2) is 116 Å². The number of carbonyl (C=O) groups excluding carboxylic acids is 2. The van der Waals surface area contributed by atoms with Crippen molar-refractivity contribution in [3.63, 3.8) is 0 Å². The fraction of sp³-hybridized carbons (Fsp3) is 0.465. The number of piperidine rings is 2. The van der Waals surface area contributed by atoms with Gasteiger partial charge in [-0.1, -0.05) is 18.2 Å². The largest absolute Gasteiger partial charge is 0.388 e. The fourth-order valence-electron chi connectivity index (χ4n) is 8.87. The van der Waals surface area contributed by atoms with Crippen molar-refractivity contribution in [3.05, 3.63) is 95.0 Å². The molecule has 4 aromatic rings. The van der Waals surface area contributed by atoms with E-state index in [9.17, 15) is 29.0 Å². The molecule has 2 atom stereocenters. The number of nitrogens with one attached hydrogen (secondary N) is 3. The fourth-order valence-corrected chi connectivity index (χ4v) is 8.87. The van der Waals surface area contributed by atoms with Crippen molar-refractivity contribution in [1.82, 2.24) is 29.7 Å². The van der Waals surface area contributed by atoms with Crippen molar-refractivity contribution >= 4 is 29.1 Å². The molecule has 0 bridgehead atoms. The van der Waals surface area contributed by atoms with Gasteiger partial charge in [0.05, 0.1) is 23.5 Å². The maximum Gasteiger partial charge on any atom is 0.255 e. The Morgan fingerprint density at radius 2 is 1.66 bits per heavy atom. The number of β-amino-alcohol motifs (C(OH)–C–C–N with tert-alkyl or cyclic N) is 1. The Labute approximate surface area is 341 Å². The molecule has 5 N–H and O–H groups in total. The van der Waals surface area contributed by atoms with E-state index in [2.05, 4.69) is 30.8 Å². The van der Waals surface area contributed by atoms with Gasteiger partial charge in [-0.15, -0.1) is 0 Å². The summed E-state index contributed by atoms with van der Waals surface area (Å²) in [5.41, 5.74) is 1.15. The Hall–Kier alpha value is -5.45. The van der Waals surface area contributed by atoms with Crippen LogP contribution in [0.2, 0.25) is 0 Å². The van der Waals surface area contributed by atoms with Gasteiger partial charge in [0, 0.05) is 93.4 Å².